The molecule has 0 saturated heterocycles. The second-order valence-corrected chi connectivity index (χ2v) is 3.31. The molecule has 2 N–H and O–H groups in total. The summed E-state index contributed by atoms with van der Waals surface area (Å²) in [7, 11) is 1.53. The van der Waals surface area contributed by atoms with Crippen molar-refractivity contribution in [3.63, 3.8) is 0 Å². The first-order valence-corrected chi connectivity index (χ1v) is 4.65. The van der Waals surface area contributed by atoms with Crippen LogP contribution < -0.4 is 5.32 Å². The largest absolute Gasteiger partial charge is 0.447 e. The lowest BCUT2D eigenvalue weighted by Gasteiger charge is -2.19. The third-order valence-electron chi connectivity index (χ3n) is 1.83. The van der Waals surface area contributed by atoms with Crippen molar-refractivity contribution >= 4 is 6.09 Å². The van der Waals surface area contributed by atoms with Crippen molar-refractivity contribution in [3.8, 4) is 0 Å². The molecule has 0 aliphatic carbocycles. The van der Waals surface area contributed by atoms with Crippen LogP contribution in [-0.4, -0.2) is 44.2 Å². The molecule has 0 spiro atoms. The van der Waals surface area contributed by atoms with Gasteiger partial charge >= 0.3 is 6.09 Å². The number of methoxy groups -OCH3 is 1. The van der Waals surface area contributed by atoms with Crippen LogP contribution in [0.3, 0.4) is 0 Å². The highest BCUT2D eigenvalue weighted by Gasteiger charge is 2.15. The monoisotopic (exact) mass is 205 g/mol. The maximum atomic E-state index is 11.1. The number of aliphatic hydroxyl groups excluding tert-OH is 1. The minimum Gasteiger partial charge on any atom is -0.447 e. The van der Waals surface area contributed by atoms with Gasteiger partial charge in [0.1, 0.15) is 6.61 Å². The predicted octanol–water partition coefficient (Wildman–Crippen LogP) is 0.376. The van der Waals surface area contributed by atoms with Gasteiger partial charge in [0.15, 0.2) is 0 Å². The Morgan fingerprint density at radius 2 is 2.07 bits per heavy atom. The van der Waals surface area contributed by atoms with Crippen LogP contribution in [0.1, 0.15) is 13.8 Å². The van der Waals surface area contributed by atoms with E-state index in [0.717, 1.165) is 0 Å². The van der Waals surface area contributed by atoms with E-state index in [1.54, 1.807) is 0 Å². The number of aliphatic hydroxyl groups is 1. The fraction of sp³-hybridized carbons (Fsp3) is 0.889. The van der Waals surface area contributed by atoms with Gasteiger partial charge in [-0.2, -0.15) is 0 Å². The fourth-order valence-electron chi connectivity index (χ4n) is 0.834. The Labute approximate surface area is 84.4 Å². The molecule has 5 heteroatoms. The molecular weight excluding hydrogens is 186 g/mol. The molecule has 0 unspecified atom stereocenters. The number of carbonyl (C=O) groups is 1. The Morgan fingerprint density at radius 3 is 2.50 bits per heavy atom. The molecular formula is C9H19NO4. The maximum Gasteiger partial charge on any atom is 0.407 e. The summed E-state index contributed by atoms with van der Waals surface area (Å²) < 4.78 is 9.50. The van der Waals surface area contributed by atoms with Crippen LogP contribution in [0.4, 0.5) is 4.79 Å². The number of rotatable bonds is 6. The zero-order chi connectivity index (χ0) is 11.0. The lowest BCUT2D eigenvalue weighted by atomic mass is 10.1. The van der Waals surface area contributed by atoms with Gasteiger partial charge in [-0.15, -0.1) is 0 Å². The molecule has 84 valence electrons. The van der Waals surface area contributed by atoms with Crippen molar-refractivity contribution in [1.82, 2.24) is 5.32 Å². The summed E-state index contributed by atoms with van der Waals surface area (Å²) in [6.07, 6.45) is -0.519. The van der Waals surface area contributed by atoms with Gasteiger partial charge in [0.2, 0.25) is 0 Å². The highest BCUT2D eigenvalue weighted by molar-refractivity contribution is 5.67. The standard InChI is InChI=1S/C9H19NO4/c1-7(2)8(6-11)10-9(12)14-5-4-13-3/h7-8,11H,4-6H2,1-3H3,(H,10,12)/t8-/m1/s1. The van der Waals surface area contributed by atoms with Crippen molar-refractivity contribution < 1.29 is 19.4 Å². The summed E-state index contributed by atoms with van der Waals surface area (Å²) >= 11 is 0. The second kappa shape index (κ2) is 7.58. The molecule has 0 aromatic carbocycles. The predicted molar refractivity (Wildman–Crippen MR) is 52.1 cm³/mol. The Morgan fingerprint density at radius 1 is 1.43 bits per heavy atom. The minimum absolute atomic E-state index is 0.0863. The van der Waals surface area contributed by atoms with E-state index in [4.69, 9.17) is 14.6 Å². The number of alkyl carbamates (subject to hydrolysis) is 1. The quantitative estimate of drug-likeness (QED) is 0.615. The normalized spacial score (nSPS) is 12.6. The summed E-state index contributed by atoms with van der Waals surface area (Å²) in [6.45, 7) is 4.33. The van der Waals surface area contributed by atoms with Gasteiger partial charge < -0.3 is 19.9 Å². The molecule has 0 radical (unpaired) electrons. The molecule has 0 bridgehead atoms. The minimum atomic E-state index is -0.519. The molecule has 14 heavy (non-hydrogen) atoms. The third-order valence-corrected chi connectivity index (χ3v) is 1.83. The van der Waals surface area contributed by atoms with Crippen LogP contribution in [-0.2, 0) is 9.47 Å². The molecule has 0 aliphatic rings. The van der Waals surface area contributed by atoms with Gasteiger partial charge in [0, 0.05) is 7.11 Å². The molecule has 0 saturated carbocycles. The Kier molecular flexibility index (Phi) is 7.14. The van der Waals surface area contributed by atoms with Crippen LogP contribution >= 0.6 is 0 Å². The SMILES string of the molecule is COCCOC(=O)N[C@H](CO)C(C)C. The van der Waals surface area contributed by atoms with Crippen LogP contribution in [0.2, 0.25) is 0 Å². The number of amides is 1. The smallest absolute Gasteiger partial charge is 0.407 e. The van der Waals surface area contributed by atoms with Crippen LogP contribution in [0.25, 0.3) is 0 Å². The third kappa shape index (κ3) is 5.77. The first kappa shape index (κ1) is 13.2. The van der Waals surface area contributed by atoms with Crippen LogP contribution in [0.15, 0.2) is 0 Å². The van der Waals surface area contributed by atoms with E-state index in [-0.39, 0.29) is 25.2 Å². The van der Waals surface area contributed by atoms with E-state index >= 15 is 0 Å². The van der Waals surface area contributed by atoms with Crippen LogP contribution in [0, 0.1) is 5.92 Å². The molecule has 0 fully saturated rings. The molecule has 0 aliphatic heterocycles. The fourth-order valence-corrected chi connectivity index (χ4v) is 0.834. The first-order chi connectivity index (χ1) is 6.61. The van der Waals surface area contributed by atoms with E-state index in [0.29, 0.717) is 6.61 Å². The van der Waals surface area contributed by atoms with Crippen LogP contribution in [0.5, 0.6) is 0 Å². The molecule has 1 atom stereocenters. The maximum absolute atomic E-state index is 11.1. The highest BCUT2D eigenvalue weighted by atomic mass is 16.6. The molecule has 0 heterocycles. The van der Waals surface area contributed by atoms with Gasteiger partial charge in [-0.25, -0.2) is 4.79 Å². The number of hydrogen-bond donors (Lipinski definition) is 2. The van der Waals surface area contributed by atoms with Crippen molar-refractivity contribution in [3.05, 3.63) is 0 Å². The number of nitrogens with one attached hydrogen (secondary N) is 1. The Hall–Kier alpha value is -0.810. The molecule has 5 nitrogen and oxygen atoms in total. The lowest BCUT2D eigenvalue weighted by Crippen LogP contribution is -2.41. The number of ether oxygens (including phenoxy) is 2. The Bertz CT molecular complexity index is 161. The summed E-state index contributed by atoms with van der Waals surface area (Å²) in [5, 5.41) is 11.5. The van der Waals surface area contributed by atoms with Gasteiger partial charge in [0.05, 0.1) is 19.3 Å². The number of hydrogen-bond acceptors (Lipinski definition) is 4. The van der Waals surface area contributed by atoms with Gasteiger partial charge in [-0.3, -0.25) is 0 Å². The average Bonchev–Trinajstić information content (AvgIpc) is 2.14. The molecule has 0 aromatic rings. The van der Waals surface area contributed by atoms with Gasteiger partial charge in [0.25, 0.3) is 0 Å². The van der Waals surface area contributed by atoms with Crippen molar-refractivity contribution in [2.45, 2.75) is 19.9 Å². The summed E-state index contributed by atoms with van der Waals surface area (Å²) in [5.74, 6) is 0.176. The zero-order valence-electron chi connectivity index (χ0n) is 8.95. The van der Waals surface area contributed by atoms with E-state index in [2.05, 4.69) is 5.32 Å². The summed E-state index contributed by atoms with van der Waals surface area (Å²) in [6, 6.07) is -0.259. The van der Waals surface area contributed by atoms with Gasteiger partial charge in [-0.05, 0) is 5.92 Å². The van der Waals surface area contributed by atoms with E-state index in [1.807, 2.05) is 13.8 Å². The topological polar surface area (TPSA) is 67.8 Å². The van der Waals surface area contributed by atoms with E-state index in [9.17, 15) is 4.79 Å². The average molecular weight is 205 g/mol. The lowest BCUT2D eigenvalue weighted by molar-refractivity contribution is 0.0911. The highest BCUT2D eigenvalue weighted by Crippen LogP contribution is 2.00. The summed E-state index contributed by atoms with van der Waals surface area (Å²) in [5.41, 5.74) is 0. The summed E-state index contributed by atoms with van der Waals surface area (Å²) in [4.78, 5) is 11.1. The van der Waals surface area contributed by atoms with Crippen molar-refractivity contribution in [2.75, 3.05) is 26.9 Å². The van der Waals surface area contributed by atoms with E-state index < -0.39 is 6.09 Å². The van der Waals surface area contributed by atoms with Gasteiger partial charge in [-0.1, -0.05) is 13.8 Å². The second-order valence-electron chi connectivity index (χ2n) is 3.31. The number of carbonyl (C=O) groups excluding carboxylic acids is 1. The van der Waals surface area contributed by atoms with E-state index in [1.165, 1.54) is 7.11 Å². The molecule has 1 amide bonds. The van der Waals surface area contributed by atoms with Crippen molar-refractivity contribution in [2.24, 2.45) is 5.92 Å². The van der Waals surface area contributed by atoms with Crippen molar-refractivity contribution in [1.29, 1.82) is 0 Å². The molecule has 0 rings (SSSR count). The Balaban J connectivity index is 3.68. The zero-order valence-corrected chi connectivity index (χ0v) is 8.95. The molecule has 0 aromatic heterocycles. The first-order valence-electron chi connectivity index (χ1n) is 4.65.